The van der Waals surface area contributed by atoms with Crippen molar-refractivity contribution in [3.05, 3.63) is 70.8 Å². The van der Waals surface area contributed by atoms with Crippen LogP contribution in [0.2, 0.25) is 0 Å². The molecule has 39 heavy (non-hydrogen) atoms. The van der Waals surface area contributed by atoms with Gasteiger partial charge in [-0.25, -0.2) is 8.78 Å². The first-order chi connectivity index (χ1) is 18.7. The zero-order valence-electron chi connectivity index (χ0n) is 21.9. The Labute approximate surface area is 225 Å². The lowest BCUT2D eigenvalue weighted by atomic mass is 9.95. The van der Waals surface area contributed by atoms with Gasteiger partial charge in [-0.15, -0.1) is 0 Å². The van der Waals surface area contributed by atoms with Crippen LogP contribution in [0, 0.1) is 11.2 Å². The number of phenols is 1. The molecule has 0 spiro atoms. The number of rotatable bonds is 8. The normalized spacial score (nSPS) is 15.0. The number of fused-ring (bicyclic) bond motifs is 1. The summed E-state index contributed by atoms with van der Waals surface area (Å²) < 4.78 is 34.1. The van der Waals surface area contributed by atoms with E-state index in [1.54, 1.807) is 12.1 Å². The van der Waals surface area contributed by atoms with Crippen molar-refractivity contribution in [2.75, 3.05) is 31.6 Å². The van der Waals surface area contributed by atoms with E-state index < -0.39 is 6.67 Å². The zero-order chi connectivity index (χ0) is 28.1. The molecule has 4 rings (SSSR count). The van der Waals surface area contributed by atoms with Gasteiger partial charge in [-0.3, -0.25) is 10.4 Å². The fraction of sp³-hybridized carbons (Fsp3) is 0.286. The number of ether oxygens (including phenoxy) is 1. The van der Waals surface area contributed by atoms with Crippen LogP contribution in [0.1, 0.15) is 35.7 Å². The van der Waals surface area contributed by atoms with E-state index >= 15 is 0 Å². The lowest BCUT2D eigenvalue weighted by Crippen LogP contribution is -2.30. The number of alkyl halides is 1. The summed E-state index contributed by atoms with van der Waals surface area (Å²) in [6.07, 6.45) is 4.13. The summed E-state index contributed by atoms with van der Waals surface area (Å²) in [6.45, 7) is 6.59. The molecule has 0 amide bonds. The average molecular weight is 536 g/mol. The van der Waals surface area contributed by atoms with Gasteiger partial charge in [0.25, 0.3) is 0 Å². The van der Waals surface area contributed by atoms with Gasteiger partial charge in [-0.05, 0) is 47.4 Å². The van der Waals surface area contributed by atoms with Gasteiger partial charge in [0.05, 0.1) is 30.6 Å². The van der Waals surface area contributed by atoms with Gasteiger partial charge in [0, 0.05) is 36.6 Å². The van der Waals surface area contributed by atoms with E-state index in [-0.39, 0.29) is 34.8 Å². The Balaban J connectivity index is 1.82. The van der Waals surface area contributed by atoms with Crippen LogP contribution in [0.25, 0.3) is 16.5 Å². The summed E-state index contributed by atoms with van der Waals surface area (Å²) in [5.41, 5.74) is 7.89. The SMILES string of the molecule is C=C(/N=C\c1c(CF)nc(OC)nc1N1CCCN/C(=C\C(=N)N)C1)c1cc(O)cc2ccc(F)c(CC)c12. The van der Waals surface area contributed by atoms with Gasteiger partial charge >= 0.3 is 6.01 Å². The number of hydrogen-bond acceptors (Lipinski definition) is 8. The Bertz CT molecular complexity index is 1490. The highest BCUT2D eigenvalue weighted by atomic mass is 19.1. The number of phenolic OH excluding ortho intramolecular Hbond substituents is 1. The van der Waals surface area contributed by atoms with Crippen molar-refractivity contribution in [1.29, 1.82) is 5.41 Å². The molecule has 0 saturated carbocycles. The number of anilines is 1. The highest BCUT2D eigenvalue weighted by molar-refractivity contribution is 5.99. The molecule has 1 aliphatic rings. The van der Waals surface area contributed by atoms with Crippen molar-refractivity contribution in [2.45, 2.75) is 26.4 Å². The molecule has 5 N–H and O–H groups in total. The molecule has 3 aromatic rings. The third-order valence-corrected chi connectivity index (χ3v) is 6.41. The highest BCUT2D eigenvalue weighted by Crippen LogP contribution is 2.34. The van der Waals surface area contributed by atoms with Crippen LogP contribution in [0.15, 0.2) is 47.6 Å². The molecular formula is C28H31F2N7O2. The maximum absolute atomic E-state index is 14.7. The van der Waals surface area contributed by atoms with Crippen molar-refractivity contribution >= 4 is 34.3 Å². The molecule has 204 valence electrons. The number of hydrogen-bond donors (Lipinski definition) is 4. The Hall–Kier alpha value is -4.54. The van der Waals surface area contributed by atoms with Gasteiger partial charge in [0.2, 0.25) is 0 Å². The van der Waals surface area contributed by atoms with Gasteiger partial charge in [0.1, 0.15) is 29.9 Å². The van der Waals surface area contributed by atoms with E-state index in [2.05, 4.69) is 26.9 Å². The molecular weight excluding hydrogens is 504 g/mol. The van der Waals surface area contributed by atoms with E-state index in [1.807, 2.05) is 11.8 Å². The number of halogens is 2. The molecule has 0 radical (unpaired) electrons. The quantitative estimate of drug-likeness (QED) is 0.251. The molecule has 1 aromatic heterocycles. The summed E-state index contributed by atoms with van der Waals surface area (Å²) in [5.74, 6) is -0.0700. The Kier molecular flexibility index (Phi) is 8.38. The lowest BCUT2D eigenvalue weighted by molar-refractivity contribution is 0.373. The van der Waals surface area contributed by atoms with Crippen LogP contribution in [-0.4, -0.2) is 53.9 Å². The van der Waals surface area contributed by atoms with E-state index in [4.69, 9.17) is 15.9 Å². The van der Waals surface area contributed by atoms with E-state index in [0.717, 1.165) is 6.42 Å². The summed E-state index contributed by atoms with van der Waals surface area (Å²) in [6, 6.07) is 6.02. The minimum absolute atomic E-state index is 0.00460. The number of aliphatic imine (C=N–C) groups is 1. The first-order valence-corrected chi connectivity index (χ1v) is 12.5. The van der Waals surface area contributed by atoms with Gasteiger partial charge < -0.3 is 25.8 Å². The topological polar surface area (TPSA) is 133 Å². The first kappa shape index (κ1) is 27.5. The molecule has 0 aliphatic carbocycles. The number of nitrogens with two attached hydrogens (primary N) is 1. The van der Waals surface area contributed by atoms with Crippen molar-refractivity contribution in [3.8, 4) is 11.8 Å². The monoisotopic (exact) mass is 535 g/mol. The molecule has 0 unspecified atom stereocenters. The van der Waals surface area contributed by atoms with E-state index in [1.165, 1.54) is 31.5 Å². The summed E-state index contributed by atoms with van der Waals surface area (Å²) >= 11 is 0. The molecule has 2 heterocycles. The second kappa shape index (κ2) is 11.9. The molecule has 11 heteroatoms. The predicted octanol–water partition coefficient (Wildman–Crippen LogP) is 4.22. The molecule has 1 fully saturated rings. The van der Waals surface area contributed by atoms with E-state index in [9.17, 15) is 13.9 Å². The van der Waals surface area contributed by atoms with Crippen LogP contribution in [0.3, 0.4) is 0 Å². The number of methoxy groups -OCH3 is 1. The maximum atomic E-state index is 14.7. The van der Waals surface area contributed by atoms with Crippen LogP contribution in [-0.2, 0) is 13.1 Å². The minimum atomic E-state index is -0.901. The number of amidine groups is 1. The number of benzene rings is 2. The Morgan fingerprint density at radius 2 is 2.15 bits per heavy atom. The van der Waals surface area contributed by atoms with Crippen molar-refractivity contribution in [1.82, 2.24) is 15.3 Å². The van der Waals surface area contributed by atoms with Crippen molar-refractivity contribution < 1.29 is 18.6 Å². The van der Waals surface area contributed by atoms with E-state index in [0.29, 0.717) is 65.0 Å². The number of nitrogens with zero attached hydrogens (tertiary/aromatic N) is 4. The van der Waals surface area contributed by atoms with Crippen LogP contribution < -0.4 is 20.7 Å². The number of aromatic nitrogens is 2. The zero-order valence-corrected chi connectivity index (χ0v) is 21.9. The molecule has 1 saturated heterocycles. The molecule has 1 aliphatic heterocycles. The fourth-order valence-corrected chi connectivity index (χ4v) is 4.66. The first-order valence-electron chi connectivity index (χ1n) is 12.5. The highest BCUT2D eigenvalue weighted by Gasteiger charge is 2.22. The van der Waals surface area contributed by atoms with Crippen LogP contribution in [0.5, 0.6) is 11.8 Å². The van der Waals surface area contributed by atoms with Crippen LogP contribution >= 0.6 is 0 Å². The number of nitrogens with one attached hydrogen (secondary N) is 2. The number of aryl methyl sites for hydroxylation is 1. The molecule has 0 atom stereocenters. The second-order valence-corrected chi connectivity index (χ2v) is 9.03. The molecule has 0 bridgehead atoms. The van der Waals surface area contributed by atoms with Gasteiger partial charge in [-0.2, -0.15) is 9.97 Å². The maximum Gasteiger partial charge on any atom is 0.318 e. The van der Waals surface area contributed by atoms with Crippen LogP contribution in [0.4, 0.5) is 14.6 Å². The standard InChI is InChI=1S/C28H31F2N7O2/c1-4-20-23(30)7-6-17-10-19(38)12-21(26(17)20)16(2)34-14-22-24(13-29)35-28(39-3)36-27(22)37-9-5-8-33-18(15-37)11-25(31)32/h6-7,10-12,14,33,38H,2,4-5,8-9,13,15H2,1,3H3,(H3,31,32)/b18-11-,34-14-. The average Bonchev–Trinajstić information content (AvgIpc) is 3.15. The lowest BCUT2D eigenvalue weighted by Gasteiger charge is -2.24. The molecule has 2 aromatic carbocycles. The Morgan fingerprint density at radius 3 is 2.85 bits per heavy atom. The molecule has 9 nitrogen and oxygen atoms in total. The predicted molar refractivity (Wildman–Crippen MR) is 150 cm³/mol. The van der Waals surface area contributed by atoms with Crippen molar-refractivity contribution in [3.63, 3.8) is 0 Å². The fourth-order valence-electron chi connectivity index (χ4n) is 4.66. The number of aromatic hydroxyl groups is 1. The largest absolute Gasteiger partial charge is 0.508 e. The Morgan fingerprint density at radius 1 is 1.36 bits per heavy atom. The summed E-state index contributed by atoms with van der Waals surface area (Å²) in [7, 11) is 1.40. The minimum Gasteiger partial charge on any atom is -0.508 e. The smallest absolute Gasteiger partial charge is 0.318 e. The third-order valence-electron chi connectivity index (χ3n) is 6.41. The third kappa shape index (κ3) is 5.97. The summed E-state index contributed by atoms with van der Waals surface area (Å²) in [5, 5.41) is 22.5. The second-order valence-electron chi connectivity index (χ2n) is 9.03. The van der Waals surface area contributed by atoms with Gasteiger partial charge in [-0.1, -0.05) is 19.6 Å². The summed E-state index contributed by atoms with van der Waals surface area (Å²) in [4.78, 5) is 15.1. The van der Waals surface area contributed by atoms with Gasteiger partial charge in [0.15, 0.2) is 0 Å². The van der Waals surface area contributed by atoms with Crippen molar-refractivity contribution in [2.24, 2.45) is 10.7 Å².